The second-order valence-electron chi connectivity index (χ2n) is 20.1. The lowest BCUT2D eigenvalue weighted by Gasteiger charge is -2.33. The van der Waals surface area contributed by atoms with E-state index in [4.69, 9.17) is 93.0 Å². The smallest absolute Gasteiger partial charge is 0.308 e. The third-order valence-corrected chi connectivity index (χ3v) is 12.1. The van der Waals surface area contributed by atoms with E-state index >= 15 is 0 Å². The van der Waals surface area contributed by atoms with Crippen LogP contribution in [0.2, 0.25) is 19.0 Å². The maximum absolute atomic E-state index is 11.7. The monoisotopic (exact) mass is 1210 g/mol. The number of rotatable bonds is 63. The maximum Gasteiger partial charge on any atom is 0.308 e. The van der Waals surface area contributed by atoms with Gasteiger partial charge in [0.15, 0.2) is 11.5 Å². The molecular formula is C63H102B4N6O14. The van der Waals surface area contributed by atoms with Crippen molar-refractivity contribution < 1.29 is 66.4 Å². The Balaban J connectivity index is 1.93. The highest BCUT2D eigenvalue weighted by Crippen LogP contribution is 2.33. The molecule has 87 heavy (non-hydrogen) atoms. The molecule has 0 aliphatic rings. The Morgan fingerprint density at radius 1 is 0.529 bits per heavy atom. The highest BCUT2D eigenvalue weighted by atomic mass is 16.6. The minimum absolute atomic E-state index is 0.284. The minimum Gasteiger partial charge on any atom is -0.502 e. The molecule has 1 aromatic carbocycles. The van der Waals surface area contributed by atoms with Gasteiger partial charge in [0.25, 0.3) is 0 Å². The van der Waals surface area contributed by atoms with E-state index in [1.165, 1.54) is 6.92 Å². The molecule has 1 aromatic heterocycles. The van der Waals surface area contributed by atoms with Crippen LogP contribution in [0, 0.1) is 12.3 Å². The quantitative estimate of drug-likeness (QED) is 0.0193. The molecule has 480 valence electrons. The number of nitrogens with zero attached hydrogens (tertiary/aromatic N) is 3. The zero-order chi connectivity index (χ0) is 62.5. The Kier molecular flexibility index (Phi) is 52.4. The number of esters is 1. The molecule has 2 aromatic rings. The van der Waals surface area contributed by atoms with Gasteiger partial charge in [0.1, 0.15) is 0 Å². The van der Waals surface area contributed by atoms with E-state index in [1.54, 1.807) is 29.5 Å². The second-order valence-corrected chi connectivity index (χ2v) is 20.1. The number of carbonyl (C=O) groups is 1. The molecule has 0 saturated carbocycles. The van der Waals surface area contributed by atoms with Crippen LogP contribution in [-0.4, -0.2) is 204 Å². The summed E-state index contributed by atoms with van der Waals surface area (Å²) in [5, 5.41) is 18.4. The van der Waals surface area contributed by atoms with Gasteiger partial charge in [0.05, 0.1) is 200 Å². The molecule has 1 heterocycles. The Morgan fingerprint density at radius 3 is 1.39 bits per heavy atom. The van der Waals surface area contributed by atoms with Gasteiger partial charge < -0.3 is 77.5 Å². The van der Waals surface area contributed by atoms with E-state index in [0.29, 0.717) is 201 Å². The largest absolute Gasteiger partial charge is 0.502 e. The first-order valence-corrected chi connectivity index (χ1v) is 31.1. The number of carbonyl (C=O) groups excluding carboxylic acids is 1. The van der Waals surface area contributed by atoms with E-state index in [0.717, 1.165) is 74.6 Å². The lowest BCUT2D eigenvalue weighted by atomic mass is 9.92. The van der Waals surface area contributed by atoms with Gasteiger partial charge in [0, 0.05) is 32.8 Å². The third-order valence-electron chi connectivity index (χ3n) is 12.1. The van der Waals surface area contributed by atoms with Gasteiger partial charge >= 0.3 is 5.97 Å². The van der Waals surface area contributed by atoms with Crippen molar-refractivity contribution in [2.75, 3.05) is 152 Å². The minimum atomic E-state index is -0.672. The molecule has 0 unspecified atom stereocenters. The summed E-state index contributed by atoms with van der Waals surface area (Å²) in [5.41, 5.74) is 1.82. The number of benzene rings is 1. The van der Waals surface area contributed by atoms with Crippen molar-refractivity contribution in [1.29, 1.82) is 0 Å². The fourth-order valence-corrected chi connectivity index (χ4v) is 7.65. The first-order valence-electron chi connectivity index (χ1n) is 31.1. The molecule has 8 radical (unpaired) electrons. The van der Waals surface area contributed by atoms with Gasteiger partial charge in [-0.3, -0.25) is 4.79 Å². The lowest BCUT2D eigenvalue weighted by Crippen LogP contribution is -2.43. The third kappa shape index (κ3) is 46.6. The van der Waals surface area contributed by atoms with Crippen LogP contribution in [0.1, 0.15) is 88.0 Å². The molecule has 0 aliphatic heterocycles. The zero-order valence-corrected chi connectivity index (χ0v) is 52.6. The van der Waals surface area contributed by atoms with Gasteiger partial charge in [0.2, 0.25) is 0 Å². The van der Waals surface area contributed by atoms with Crippen LogP contribution in [0.5, 0.6) is 11.5 Å². The van der Waals surface area contributed by atoms with E-state index < -0.39 is 11.4 Å². The average Bonchev–Trinajstić information content (AvgIpc) is 4.03. The molecule has 0 spiro atoms. The molecule has 0 aliphatic carbocycles. The highest BCUT2D eigenvalue weighted by Gasteiger charge is 2.33. The number of nitrogens with one attached hydrogen (secondary N) is 3. The topological polar surface area (TPSA) is 204 Å². The predicted octanol–water partition coefficient (Wildman–Crippen LogP) is 7.48. The van der Waals surface area contributed by atoms with Gasteiger partial charge in [-0.15, -0.1) is 5.10 Å². The molecule has 20 nitrogen and oxygen atoms in total. The molecule has 2 rings (SSSR count). The molecule has 0 bridgehead atoms. The first kappa shape index (κ1) is 77.9. The number of allylic oxidation sites excluding steroid dienone is 6. The van der Waals surface area contributed by atoms with Gasteiger partial charge in [-0.1, -0.05) is 78.6 Å². The van der Waals surface area contributed by atoms with Crippen LogP contribution < -0.4 is 25.4 Å². The molecule has 3 N–H and O–H groups in total. The summed E-state index contributed by atoms with van der Waals surface area (Å²) in [6.45, 7) is 14.3. The van der Waals surface area contributed by atoms with Crippen molar-refractivity contribution in [3.05, 3.63) is 109 Å². The average molecular weight is 1210 g/mol. The molecule has 0 saturated heterocycles. The summed E-state index contributed by atoms with van der Waals surface area (Å²) in [6, 6.07) is 3.69. The lowest BCUT2D eigenvalue weighted by molar-refractivity contribution is -0.132. The number of unbranched alkanes of at least 4 members (excludes halogenated alkanes) is 3. The number of aryl methyl sites for hydroxylation is 2. The molecule has 0 fully saturated rings. The van der Waals surface area contributed by atoms with Crippen molar-refractivity contribution in [3.8, 4) is 11.5 Å². The Labute approximate surface area is 526 Å². The van der Waals surface area contributed by atoms with Gasteiger partial charge in [-0.2, -0.15) is 0 Å². The Morgan fingerprint density at radius 2 is 0.966 bits per heavy atom. The van der Waals surface area contributed by atoms with Crippen LogP contribution in [0.25, 0.3) is 0 Å². The van der Waals surface area contributed by atoms with Crippen molar-refractivity contribution >= 4 is 37.4 Å². The summed E-state index contributed by atoms with van der Waals surface area (Å²) in [7, 11) is 22.4. The maximum atomic E-state index is 11.7. The van der Waals surface area contributed by atoms with E-state index in [9.17, 15) is 4.79 Å². The van der Waals surface area contributed by atoms with Crippen molar-refractivity contribution in [1.82, 2.24) is 30.9 Å². The number of hydrogen-bond acceptors (Lipinski definition) is 19. The van der Waals surface area contributed by atoms with Crippen LogP contribution in [-0.2, 0) is 76.2 Å². The first-order chi connectivity index (χ1) is 42.9. The fourth-order valence-electron chi connectivity index (χ4n) is 7.65. The summed E-state index contributed by atoms with van der Waals surface area (Å²) < 4.78 is 78.5. The number of hydrogen-bond donors (Lipinski definition) is 3. The molecule has 0 amide bonds. The van der Waals surface area contributed by atoms with Crippen molar-refractivity contribution in [2.45, 2.75) is 116 Å². The van der Waals surface area contributed by atoms with Crippen LogP contribution in [0.3, 0.4) is 0 Å². The predicted molar refractivity (Wildman–Crippen MR) is 345 cm³/mol. The highest BCUT2D eigenvalue weighted by molar-refractivity contribution is 6.09. The van der Waals surface area contributed by atoms with Crippen LogP contribution >= 0.6 is 0 Å². The Hall–Kier alpha value is -5.19. The summed E-state index contributed by atoms with van der Waals surface area (Å²) in [5.74, 6) is 0.475. The number of aromatic nitrogens is 3. The van der Waals surface area contributed by atoms with Gasteiger partial charge in [-0.05, 0) is 108 Å². The Bertz CT molecular complexity index is 1980. The molecule has 0 atom stereocenters. The normalized spacial score (nSPS) is 12.1. The summed E-state index contributed by atoms with van der Waals surface area (Å²) >= 11 is 0. The van der Waals surface area contributed by atoms with Gasteiger partial charge in [-0.25, -0.2) is 4.68 Å². The van der Waals surface area contributed by atoms with Crippen molar-refractivity contribution in [2.24, 2.45) is 5.41 Å². The second kappa shape index (κ2) is 58.5. The SMILES string of the molecule is [B]CC/C=C/OCCC/C=C/NCCOCCOCC(COCCOCCN/C=C/CCCO/C=C/CC[B])(COCCOCCN/C=C/CCCO/C=C/CC[B])COCCOCCn1cc(CCCOc2cc(C[B])cc(C)c2OC(C)=O)nn1. The van der Waals surface area contributed by atoms with E-state index in [2.05, 4.69) is 44.5 Å². The van der Waals surface area contributed by atoms with E-state index in [-0.39, 0.29) is 6.61 Å². The van der Waals surface area contributed by atoms with Crippen LogP contribution in [0.4, 0.5) is 0 Å². The molecule has 24 heteroatoms. The number of ether oxygens (including phenoxy) is 13. The van der Waals surface area contributed by atoms with Crippen LogP contribution in [0.15, 0.2) is 92.2 Å². The fraction of sp³-hybridized carbons (Fsp3) is 0.667. The van der Waals surface area contributed by atoms with E-state index in [1.807, 2.05) is 56.0 Å². The van der Waals surface area contributed by atoms with Crippen molar-refractivity contribution in [3.63, 3.8) is 0 Å². The zero-order valence-electron chi connectivity index (χ0n) is 52.6. The summed E-state index contributed by atoms with van der Waals surface area (Å²) in [4.78, 5) is 11.7. The summed E-state index contributed by atoms with van der Waals surface area (Å²) in [6.07, 6.45) is 36.4. The molecular weight excluding hydrogens is 1110 g/mol. The standard InChI is InChI=1S/C63H102B4N6O14/c1-57-49-59(51-67)50-61(62(57)87-58(2)74)86-36-18-19-60-52-73(72-71-60)29-40-81-44-48-85-56-63(53-82-45-41-78-37-26-68-23-9-3-12-30-75-33-15-6-20-64,54-83-46-42-79-38-27-69-24-10-4-13-31-76-34-16-7-21-65)55-84-47-43-80-39-28-70-25-11-5-14-32-77-35-17-8-22-66/h9-11,15-17,23-25,33-35,49-50,52,68-70H,3-8,12-14,18-22,26-32,36-48,51,53-56H2,1-2H3/b23-9+,24-10+,25-11+,33-15+,34-16+,35-17+.